The average molecular weight is 262 g/mol. The van der Waals surface area contributed by atoms with Crippen LogP contribution >= 0.6 is 11.6 Å². The average Bonchev–Trinajstić information content (AvgIpc) is 2.22. The summed E-state index contributed by atoms with van der Waals surface area (Å²) < 4.78 is 18.2. The molecule has 0 bridgehead atoms. The third kappa shape index (κ3) is 5.86. The van der Waals surface area contributed by atoms with Crippen molar-refractivity contribution < 1.29 is 14.2 Å². The Morgan fingerprint density at radius 2 is 2.12 bits per heavy atom. The smallest absolute Gasteiger partial charge is 0.126 e. The van der Waals surface area contributed by atoms with Gasteiger partial charge in [-0.1, -0.05) is 11.6 Å². The number of ether oxygens (including phenoxy) is 1. The van der Waals surface area contributed by atoms with Gasteiger partial charge in [0.2, 0.25) is 0 Å². The number of hydrogen-bond donors (Lipinski definition) is 2. The van der Waals surface area contributed by atoms with Crippen molar-refractivity contribution in [3.8, 4) is 0 Å². The molecule has 0 aromatic heterocycles. The van der Waals surface area contributed by atoms with Crippen molar-refractivity contribution in [2.24, 2.45) is 0 Å². The molecule has 0 amide bonds. The van der Waals surface area contributed by atoms with E-state index in [4.69, 9.17) is 16.3 Å². The molecule has 5 heteroatoms. The second-order valence-corrected chi connectivity index (χ2v) is 4.51. The lowest BCUT2D eigenvalue weighted by Crippen LogP contribution is -2.26. The van der Waals surface area contributed by atoms with Crippen LogP contribution in [0.25, 0.3) is 0 Å². The summed E-state index contributed by atoms with van der Waals surface area (Å²) in [7, 11) is 0. The van der Waals surface area contributed by atoms with Gasteiger partial charge in [-0.25, -0.2) is 4.39 Å². The van der Waals surface area contributed by atoms with Gasteiger partial charge >= 0.3 is 0 Å². The zero-order valence-electron chi connectivity index (χ0n) is 9.91. The van der Waals surface area contributed by atoms with Gasteiger partial charge in [0.25, 0.3) is 0 Å². The number of halogens is 2. The molecule has 0 aliphatic heterocycles. The number of aliphatic hydroxyl groups excluding tert-OH is 1. The summed E-state index contributed by atoms with van der Waals surface area (Å²) in [6, 6.07) is 4.15. The summed E-state index contributed by atoms with van der Waals surface area (Å²) >= 11 is 5.70. The van der Waals surface area contributed by atoms with Crippen LogP contribution in [0, 0.1) is 5.82 Å². The maximum atomic E-state index is 13.0. The first-order valence-electron chi connectivity index (χ1n) is 5.47. The molecular formula is C12H17ClFNO2. The van der Waals surface area contributed by atoms with Gasteiger partial charge in [-0.05, 0) is 32.0 Å². The molecule has 0 heterocycles. The topological polar surface area (TPSA) is 41.5 Å². The first kappa shape index (κ1) is 14.2. The summed E-state index contributed by atoms with van der Waals surface area (Å²) in [6.45, 7) is 4.32. The van der Waals surface area contributed by atoms with E-state index in [-0.39, 0.29) is 19.3 Å². The fourth-order valence-electron chi connectivity index (χ4n) is 1.25. The number of aliphatic hydroxyl groups is 1. The highest BCUT2D eigenvalue weighted by atomic mass is 35.5. The maximum absolute atomic E-state index is 13.0. The highest BCUT2D eigenvalue weighted by molar-refractivity contribution is 6.30. The van der Waals surface area contributed by atoms with Crippen molar-refractivity contribution >= 4 is 17.3 Å². The van der Waals surface area contributed by atoms with E-state index in [9.17, 15) is 9.50 Å². The highest BCUT2D eigenvalue weighted by Gasteiger charge is 2.06. The van der Waals surface area contributed by atoms with Crippen LogP contribution in [-0.4, -0.2) is 30.5 Å². The number of anilines is 1. The van der Waals surface area contributed by atoms with Gasteiger partial charge in [-0.3, -0.25) is 0 Å². The van der Waals surface area contributed by atoms with Gasteiger partial charge < -0.3 is 15.2 Å². The summed E-state index contributed by atoms with van der Waals surface area (Å²) in [5, 5.41) is 12.8. The van der Waals surface area contributed by atoms with Crippen molar-refractivity contribution in [2.75, 3.05) is 18.5 Å². The molecule has 0 aliphatic carbocycles. The molecule has 96 valence electrons. The van der Waals surface area contributed by atoms with Crippen LogP contribution in [-0.2, 0) is 4.74 Å². The zero-order valence-corrected chi connectivity index (χ0v) is 10.7. The van der Waals surface area contributed by atoms with Gasteiger partial charge in [-0.2, -0.15) is 0 Å². The van der Waals surface area contributed by atoms with Gasteiger partial charge in [0, 0.05) is 17.3 Å². The molecule has 1 aromatic carbocycles. The Bertz CT molecular complexity index is 340. The summed E-state index contributed by atoms with van der Waals surface area (Å²) in [6.07, 6.45) is -0.562. The minimum Gasteiger partial charge on any atom is -0.389 e. The van der Waals surface area contributed by atoms with Crippen LogP contribution in [0.4, 0.5) is 10.1 Å². The Morgan fingerprint density at radius 3 is 2.71 bits per heavy atom. The Kier molecular flexibility index (Phi) is 5.68. The van der Waals surface area contributed by atoms with Crippen molar-refractivity contribution in [3.05, 3.63) is 29.0 Å². The molecule has 0 saturated heterocycles. The number of nitrogens with one attached hydrogen (secondary N) is 1. The Labute approximate surface area is 106 Å². The van der Waals surface area contributed by atoms with Crippen LogP contribution in [0.3, 0.4) is 0 Å². The molecule has 17 heavy (non-hydrogen) atoms. The molecule has 1 aromatic rings. The molecule has 0 fully saturated rings. The van der Waals surface area contributed by atoms with Crippen molar-refractivity contribution in [2.45, 2.75) is 26.1 Å². The van der Waals surface area contributed by atoms with Gasteiger partial charge in [0.15, 0.2) is 0 Å². The van der Waals surface area contributed by atoms with E-state index in [1.54, 1.807) is 6.07 Å². The lowest BCUT2D eigenvalue weighted by molar-refractivity contribution is 0.0112. The van der Waals surface area contributed by atoms with Crippen LogP contribution in [0.15, 0.2) is 18.2 Å². The maximum Gasteiger partial charge on any atom is 0.126 e. The number of hydrogen-bond acceptors (Lipinski definition) is 3. The van der Waals surface area contributed by atoms with Crippen molar-refractivity contribution in [1.29, 1.82) is 0 Å². The second kappa shape index (κ2) is 6.79. The van der Waals surface area contributed by atoms with E-state index >= 15 is 0 Å². The lowest BCUT2D eigenvalue weighted by atomic mass is 10.3. The third-order valence-corrected chi connectivity index (χ3v) is 2.24. The summed E-state index contributed by atoms with van der Waals surface area (Å²) in [4.78, 5) is 0. The molecule has 1 rings (SSSR count). The molecule has 2 N–H and O–H groups in total. The van der Waals surface area contributed by atoms with Gasteiger partial charge in [-0.15, -0.1) is 0 Å². The van der Waals surface area contributed by atoms with Gasteiger partial charge in [0.05, 0.1) is 18.8 Å². The molecule has 1 atom stereocenters. The fraction of sp³-hybridized carbons (Fsp3) is 0.500. The minimum absolute atomic E-state index is 0.0771. The van der Waals surface area contributed by atoms with Crippen molar-refractivity contribution in [3.63, 3.8) is 0 Å². The quantitative estimate of drug-likeness (QED) is 0.827. The van der Waals surface area contributed by atoms with E-state index in [1.165, 1.54) is 12.1 Å². The van der Waals surface area contributed by atoms with Crippen molar-refractivity contribution in [1.82, 2.24) is 0 Å². The van der Waals surface area contributed by atoms with E-state index in [0.29, 0.717) is 10.7 Å². The number of rotatable bonds is 6. The first-order chi connectivity index (χ1) is 7.97. The molecule has 1 unspecified atom stereocenters. The normalized spacial score (nSPS) is 12.8. The van der Waals surface area contributed by atoms with Crippen LogP contribution in [0.1, 0.15) is 13.8 Å². The molecule has 0 saturated carbocycles. The Hall–Kier alpha value is -0.840. The SMILES string of the molecule is CC(C)OCC(O)CNc1cc(F)cc(Cl)c1. The first-order valence-corrected chi connectivity index (χ1v) is 5.85. The molecule has 0 spiro atoms. The van der Waals surface area contributed by atoms with E-state index < -0.39 is 11.9 Å². The molecule has 0 aliphatic rings. The van der Waals surface area contributed by atoms with Crippen LogP contribution < -0.4 is 5.32 Å². The molecule has 3 nitrogen and oxygen atoms in total. The highest BCUT2D eigenvalue weighted by Crippen LogP contribution is 2.17. The van der Waals surface area contributed by atoms with Crippen LogP contribution in [0.2, 0.25) is 5.02 Å². The van der Waals surface area contributed by atoms with Crippen LogP contribution in [0.5, 0.6) is 0 Å². The predicted octanol–water partition coefficient (Wildman–Crippen LogP) is 2.68. The monoisotopic (exact) mass is 261 g/mol. The Morgan fingerprint density at radius 1 is 1.41 bits per heavy atom. The Balaban J connectivity index is 2.39. The zero-order chi connectivity index (χ0) is 12.8. The summed E-state index contributed by atoms with van der Waals surface area (Å²) in [5.74, 6) is -0.409. The fourth-order valence-corrected chi connectivity index (χ4v) is 1.48. The lowest BCUT2D eigenvalue weighted by Gasteiger charge is -2.15. The second-order valence-electron chi connectivity index (χ2n) is 4.07. The predicted molar refractivity (Wildman–Crippen MR) is 67.0 cm³/mol. The van der Waals surface area contributed by atoms with E-state index in [0.717, 1.165) is 0 Å². The molecule has 0 radical (unpaired) electrons. The van der Waals surface area contributed by atoms with E-state index in [1.807, 2.05) is 13.8 Å². The standard InChI is InChI=1S/C12H17ClFNO2/c1-8(2)17-7-12(16)6-15-11-4-9(13)3-10(14)5-11/h3-5,8,12,15-16H,6-7H2,1-2H3. The van der Waals surface area contributed by atoms with Gasteiger partial charge in [0.1, 0.15) is 5.82 Å². The van der Waals surface area contributed by atoms with E-state index in [2.05, 4.69) is 5.32 Å². The minimum atomic E-state index is -0.639. The largest absolute Gasteiger partial charge is 0.389 e. The number of benzene rings is 1. The molecular weight excluding hydrogens is 245 g/mol. The summed E-state index contributed by atoms with van der Waals surface area (Å²) in [5.41, 5.74) is 0.540. The third-order valence-electron chi connectivity index (χ3n) is 2.03.